The normalized spacial score (nSPS) is 20.5. The number of carboxylic acids is 1. The van der Waals surface area contributed by atoms with Crippen LogP contribution in [0.3, 0.4) is 0 Å². The quantitative estimate of drug-likeness (QED) is 0.741. The van der Waals surface area contributed by atoms with Crippen LogP contribution >= 0.6 is 12.4 Å². The van der Waals surface area contributed by atoms with E-state index < -0.39 is 61.2 Å². The molecule has 0 bridgehead atoms. The van der Waals surface area contributed by atoms with E-state index in [1.807, 2.05) is 0 Å². The molecule has 1 aromatic carbocycles. The molecule has 0 radical (unpaired) electrons. The summed E-state index contributed by atoms with van der Waals surface area (Å²) in [5.41, 5.74) is 0.156. The van der Waals surface area contributed by atoms with Gasteiger partial charge in [0.05, 0.1) is 18.4 Å². The molecule has 0 spiro atoms. The van der Waals surface area contributed by atoms with Gasteiger partial charge in [-0.05, 0) is 17.7 Å². The van der Waals surface area contributed by atoms with Gasteiger partial charge in [-0.3, -0.25) is 14.5 Å². The molecule has 1 aromatic rings. The number of nitrogens with one attached hydrogen (secondary N) is 1. The first-order valence-corrected chi connectivity index (χ1v) is 7.30. The molecule has 0 unspecified atom stereocenters. The Morgan fingerprint density at radius 3 is 2.19 bits per heavy atom. The number of amides is 1. The number of alkyl halides is 3. The average molecular weight is 403 g/mol. The van der Waals surface area contributed by atoms with Crippen molar-refractivity contribution in [3.05, 3.63) is 35.4 Å². The van der Waals surface area contributed by atoms with Crippen LogP contribution in [0.25, 0.3) is 0 Å². The van der Waals surface area contributed by atoms with Crippen LogP contribution in [0, 0.1) is 23.5 Å². The Labute approximate surface area is 151 Å². The van der Waals surface area contributed by atoms with Crippen LogP contribution in [0.4, 0.5) is 22.0 Å². The Bertz CT molecular complexity index is 651. The number of nitrogens with zero attached hydrogens (tertiary/aromatic N) is 1. The van der Waals surface area contributed by atoms with Gasteiger partial charge >= 0.3 is 12.1 Å². The molecule has 0 aromatic heterocycles. The fraction of sp³-hybridized carbons (Fsp3) is 0.467. The summed E-state index contributed by atoms with van der Waals surface area (Å²) in [6.45, 7) is -1.63. The lowest BCUT2D eigenvalue weighted by Crippen LogP contribution is -2.36. The zero-order chi connectivity index (χ0) is 18.8. The number of aliphatic carboxylic acids is 1. The summed E-state index contributed by atoms with van der Waals surface area (Å²) in [7, 11) is 0. The number of halogens is 6. The second kappa shape index (κ2) is 8.63. The molecule has 1 saturated heterocycles. The maximum absolute atomic E-state index is 13.0. The fourth-order valence-electron chi connectivity index (χ4n) is 2.77. The predicted molar refractivity (Wildman–Crippen MR) is 82.6 cm³/mol. The molecule has 1 amide bonds. The first-order chi connectivity index (χ1) is 11.6. The average Bonchev–Trinajstić information content (AvgIpc) is 2.88. The minimum atomic E-state index is -4.67. The van der Waals surface area contributed by atoms with Crippen molar-refractivity contribution in [2.24, 2.45) is 11.8 Å². The van der Waals surface area contributed by atoms with Gasteiger partial charge in [0.15, 0.2) is 0 Å². The number of likely N-dealkylation sites (tertiary alicyclic amines) is 1. The van der Waals surface area contributed by atoms with E-state index in [9.17, 15) is 31.5 Å². The van der Waals surface area contributed by atoms with Crippen molar-refractivity contribution < 1.29 is 36.6 Å². The number of benzene rings is 1. The summed E-state index contributed by atoms with van der Waals surface area (Å²) in [6, 6.07) is 2.69. The van der Waals surface area contributed by atoms with Crippen LogP contribution in [-0.4, -0.2) is 47.7 Å². The van der Waals surface area contributed by atoms with Crippen molar-refractivity contribution in [3.8, 4) is 0 Å². The molecule has 2 rings (SSSR count). The van der Waals surface area contributed by atoms with Crippen molar-refractivity contribution in [3.63, 3.8) is 0 Å². The zero-order valence-corrected chi connectivity index (χ0v) is 14.0. The lowest BCUT2D eigenvalue weighted by Gasteiger charge is -2.18. The maximum atomic E-state index is 13.0. The Balaban J connectivity index is 0.00000338. The van der Waals surface area contributed by atoms with Gasteiger partial charge in [0.25, 0.3) is 0 Å². The van der Waals surface area contributed by atoms with Gasteiger partial charge in [0.1, 0.15) is 11.6 Å². The Morgan fingerprint density at radius 1 is 1.15 bits per heavy atom. The molecule has 0 saturated carbocycles. The van der Waals surface area contributed by atoms with E-state index in [-0.39, 0.29) is 24.5 Å². The molecular formula is C15H16ClF5N2O3. The highest BCUT2D eigenvalue weighted by atomic mass is 35.5. The second-order valence-electron chi connectivity index (χ2n) is 5.84. The van der Waals surface area contributed by atoms with Crippen LogP contribution in [0.2, 0.25) is 0 Å². The zero-order valence-electron chi connectivity index (χ0n) is 13.2. The van der Waals surface area contributed by atoms with Crippen molar-refractivity contribution >= 4 is 24.3 Å². The first kappa shape index (κ1) is 22.1. The highest BCUT2D eigenvalue weighted by Gasteiger charge is 2.52. The highest BCUT2D eigenvalue weighted by Crippen LogP contribution is 2.37. The minimum absolute atomic E-state index is 0. The topological polar surface area (TPSA) is 69.6 Å². The smallest absolute Gasteiger partial charge is 0.393 e. The van der Waals surface area contributed by atoms with E-state index in [2.05, 4.69) is 5.32 Å². The van der Waals surface area contributed by atoms with Crippen LogP contribution in [-0.2, 0) is 16.1 Å². The lowest BCUT2D eigenvalue weighted by molar-refractivity contribution is -0.188. The predicted octanol–water partition coefficient (Wildman–Crippen LogP) is 2.20. The van der Waals surface area contributed by atoms with Gasteiger partial charge in [-0.1, -0.05) is 0 Å². The third kappa shape index (κ3) is 5.80. The number of carboxylic acid groups (broad SMARTS) is 1. The number of hydrogen-bond donors (Lipinski definition) is 2. The van der Waals surface area contributed by atoms with Crippen molar-refractivity contribution in [2.45, 2.75) is 12.7 Å². The molecule has 5 nitrogen and oxygen atoms in total. The summed E-state index contributed by atoms with van der Waals surface area (Å²) in [6.07, 6.45) is -4.67. The maximum Gasteiger partial charge on any atom is 0.393 e. The van der Waals surface area contributed by atoms with Crippen LogP contribution in [0.5, 0.6) is 0 Å². The fourth-order valence-corrected chi connectivity index (χ4v) is 2.77. The molecule has 26 heavy (non-hydrogen) atoms. The Kier molecular flexibility index (Phi) is 7.34. The Hall–Kier alpha value is -1.94. The summed E-state index contributed by atoms with van der Waals surface area (Å²) < 4.78 is 64.7. The van der Waals surface area contributed by atoms with E-state index in [0.717, 1.165) is 17.0 Å². The first-order valence-electron chi connectivity index (χ1n) is 7.30. The molecule has 1 heterocycles. The lowest BCUT2D eigenvalue weighted by atomic mass is 9.96. The number of carbonyl (C=O) groups is 2. The summed E-state index contributed by atoms with van der Waals surface area (Å²) in [5, 5.41) is 11.2. The summed E-state index contributed by atoms with van der Waals surface area (Å²) in [5.74, 6) is -7.56. The van der Waals surface area contributed by atoms with Crippen LogP contribution < -0.4 is 5.32 Å². The molecular weight excluding hydrogens is 387 g/mol. The van der Waals surface area contributed by atoms with Crippen molar-refractivity contribution in [1.29, 1.82) is 0 Å². The van der Waals surface area contributed by atoms with Gasteiger partial charge in [0.2, 0.25) is 5.91 Å². The number of carbonyl (C=O) groups excluding carboxylic acids is 1. The van der Waals surface area contributed by atoms with E-state index in [0.29, 0.717) is 6.07 Å². The number of hydrogen-bond acceptors (Lipinski definition) is 3. The van der Waals surface area contributed by atoms with Crippen LogP contribution in [0.15, 0.2) is 18.2 Å². The third-order valence-corrected chi connectivity index (χ3v) is 3.91. The van der Waals surface area contributed by atoms with E-state index in [1.54, 1.807) is 0 Å². The molecule has 1 aliphatic heterocycles. The van der Waals surface area contributed by atoms with E-state index >= 15 is 0 Å². The molecule has 2 N–H and O–H groups in total. The van der Waals surface area contributed by atoms with E-state index in [1.165, 1.54) is 0 Å². The molecule has 1 fully saturated rings. The SMILES string of the molecule is Cl.O=C(CN1C[C@@H](C(F)(F)F)[C@H](C(=O)O)C1)NCc1cc(F)cc(F)c1. The highest BCUT2D eigenvalue weighted by molar-refractivity contribution is 5.85. The molecule has 146 valence electrons. The van der Waals surface area contributed by atoms with Gasteiger partial charge in [-0.2, -0.15) is 13.2 Å². The standard InChI is InChI=1S/C15H15F5N2O3.ClH/c16-9-1-8(2-10(17)3-9)4-21-13(23)7-22-5-11(14(24)25)12(6-22)15(18,19)20;/h1-3,11-12H,4-7H2,(H,21,23)(H,24,25);1H/t11-,12-;/m1./s1. The monoisotopic (exact) mass is 402 g/mol. The molecule has 0 aliphatic carbocycles. The van der Waals surface area contributed by atoms with Gasteiger partial charge in [-0.25, -0.2) is 8.78 Å². The van der Waals surface area contributed by atoms with E-state index in [4.69, 9.17) is 5.11 Å². The molecule has 1 aliphatic rings. The van der Waals surface area contributed by atoms with Crippen molar-refractivity contribution in [1.82, 2.24) is 10.2 Å². The van der Waals surface area contributed by atoms with Crippen molar-refractivity contribution in [2.75, 3.05) is 19.6 Å². The van der Waals surface area contributed by atoms with Gasteiger partial charge < -0.3 is 10.4 Å². The third-order valence-electron chi connectivity index (χ3n) is 3.91. The largest absolute Gasteiger partial charge is 0.481 e. The molecule has 2 atom stereocenters. The second-order valence-corrected chi connectivity index (χ2v) is 5.84. The number of rotatable bonds is 5. The summed E-state index contributed by atoms with van der Waals surface area (Å²) >= 11 is 0. The van der Waals surface area contributed by atoms with Gasteiger partial charge in [0, 0.05) is 25.7 Å². The molecule has 11 heteroatoms. The summed E-state index contributed by atoms with van der Waals surface area (Å²) in [4.78, 5) is 23.9. The van der Waals surface area contributed by atoms with Crippen LogP contribution in [0.1, 0.15) is 5.56 Å². The Morgan fingerprint density at radius 2 is 1.73 bits per heavy atom. The van der Waals surface area contributed by atoms with Gasteiger partial charge in [-0.15, -0.1) is 12.4 Å². The minimum Gasteiger partial charge on any atom is -0.481 e.